The third-order valence-corrected chi connectivity index (χ3v) is 8.68. The Morgan fingerprint density at radius 1 is 0.952 bits per heavy atom. The molecular weight excluding hydrogens is 564 g/mol. The molecule has 3 aromatic carbocycles. The minimum absolute atomic E-state index is 0. The molecule has 2 saturated heterocycles. The summed E-state index contributed by atoms with van der Waals surface area (Å²) in [5, 5.41) is 12.3. The highest BCUT2D eigenvalue weighted by Crippen LogP contribution is 2.36. The molecule has 2 amide bonds. The van der Waals surface area contributed by atoms with Crippen LogP contribution in [0.25, 0.3) is 10.8 Å². The van der Waals surface area contributed by atoms with Crippen LogP contribution in [-0.4, -0.2) is 82.4 Å². The molecule has 2 fully saturated rings. The molecule has 0 saturated carbocycles. The Morgan fingerprint density at radius 2 is 1.69 bits per heavy atom. The van der Waals surface area contributed by atoms with Gasteiger partial charge in [0.05, 0.1) is 5.92 Å². The number of piperazine rings is 1. The number of hydrogen-bond donors (Lipinski definition) is 1. The van der Waals surface area contributed by atoms with Gasteiger partial charge in [0.2, 0.25) is 11.8 Å². The minimum atomic E-state index is -0.910. The maximum Gasteiger partial charge on any atom is 0.321 e. The van der Waals surface area contributed by atoms with Crippen molar-refractivity contribution in [3.05, 3.63) is 83.4 Å². The van der Waals surface area contributed by atoms with E-state index in [0.29, 0.717) is 32.5 Å². The number of halogens is 3. The summed E-state index contributed by atoms with van der Waals surface area (Å²) in [6, 6.07) is 16.3. The summed E-state index contributed by atoms with van der Waals surface area (Å²) in [5.41, 5.74) is 1.16. The van der Waals surface area contributed by atoms with E-state index in [4.69, 9.17) is 0 Å². The van der Waals surface area contributed by atoms with E-state index in [1.165, 1.54) is 24.0 Å². The van der Waals surface area contributed by atoms with Crippen molar-refractivity contribution in [2.24, 2.45) is 5.92 Å². The van der Waals surface area contributed by atoms with Crippen LogP contribution in [0.5, 0.6) is 0 Å². The summed E-state index contributed by atoms with van der Waals surface area (Å²) in [7, 11) is 0. The summed E-state index contributed by atoms with van der Waals surface area (Å²) in [6.07, 6.45) is 0.954. The number of carbonyl (C=O) groups excluding carboxylic acids is 2. The predicted octanol–water partition coefficient (Wildman–Crippen LogP) is 4.72. The molecule has 224 valence electrons. The molecule has 0 radical (unpaired) electrons. The number of nitrogens with zero attached hydrogens (tertiary/aromatic N) is 3. The van der Waals surface area contributed by atoms with Gasteiger partial charge in [-0.15, -0.1) is 12.4 Å². The molecule has 7 nitrogen and oxygen atoms in total. The first-order valence-corrected chi connectivity index (χ1v) is 14.1. The van der Waals surface area contributed by atoms with Gasteiger partial charge in [-0.1, -0.05) is 55.5 Å². The standard InChI is InChI=1S/C32H35F2N3O4.ClH/c1-3-25-17-35(30(32(40)41)15-21-8-9-22-6-4-5-7-23(22)14-21)12-13-37(25)31(39)28-19-36(20(2)38)18-27(28)26-11-10-24(33)16-29(26)34;/h4-11,14,16,25,27-28,30H,3,12-13,15,17-19H2,1-2H3,(H,40,41);1H/t25-,27-,28+,30-;/m0./s1. The van der Waals surface area contributed by atoms with Gasteiger partial charge in [-0.2, -0.15) is 0 Å². The normalized spacial score (nSPS) is 21.7. The molecule has 2 heterocycles. The van der Waals surface area contributed by atoms with Gasteiger partial charge in [-0.25, -0.2) is 8.78 Å². The zero-order valence-corrected chi connectivity index (χ0v) is 24.5. The highest BCUT2D eigenvalue weighted by Gasteiger charge is 2.45. The molecule has 2 aliphatic heterocycles. The zero-order chi connectivity index (χ0) is 29.3. The Hall–Kier alpha value is -3.56. The molecule has 1 N–H and O–H groups in total. The van der Waals surface area contributed by atoms with E-state index in [-0.39, 0.29) is 48.9 Å². The van der Waals surface area contributed by atoms with Crippen molar-refractivity contribution in [3.63, 3.8) is 0 Å². The number of fused-ring (bicyclic) bond motifs is 1. The summed E-state index contributed by atoms with van der Waals surface area (Å²) in [4.78, 5) is 43.9. The average molecular weight is 600 g/mol. The van der Waals surface area contributed by atoms with E-state index >= 15 is 0 Å². The van der Waals surface area contributed by atoms with E-state index in [0.717, 1.165) is 22.4 Å². The van der Waals surface area contributed by atoms with Crippen LogP contribution in [0.3, 0.4) is 0 Å². The molecule has 0 aromatic heterocycles. The second-order valence-electron chi connectivity index (χ2n) is 11.1. The number of likely N-dealkylation sites (tertiary alicyclic amines) is 1. The van der Waals surface area contributed by atoms with Crippen LogP contribution in [0.4, 0.5) is 8.78 Å². The maximum absolute atomic E-state index is 14.8. The molecule has 42 heavy (non-hydrogen) atoms. The molecule has 0 aliphatic carbocycles. The summed E-state index contributed by atoms with van der Waals surface area (Å²) >= 11 is 0. The van der Waals surface area contributed by atoms with Crippen molar-refractivity contribution in [2.45, 2.75) is 44.7 Å². The van der Waals surface area contributed by atoms with Crippen molar-refractivity contribution in [2.75, 3.05) is 32.7 Å². The molecule has 0 unspecified atom stereocenters. The third kappa shape index (κ3) is 6.42. The van der Waals surface area contributed by atoms with Crippen LogP contribution < -0.4 is 0 Å². The Bertz CT molecular complexity index is 1470. The van der Waals surface area contributed by atoms with Gasteiger partial charge in [-0.3, -0.25) is 19.3 Å². The number of rotatable bonds is 7. The fraction of sp³-hybridized carbons (Fsp3) is 0.406. The lowest BCUT2D eigenvalue weighted by Gasteiger charge is -2.44. The molecular formula is C32H36ClF2N3O4. The quantitative estimate of drug-likeness (QED) is 0.425. The van der Waals surface area contributed by atoms with Crippen LogP contribution in [0, 0.1) is 17.6 Å². The Balaban J connectivity index is 0.00000405. The number of aliphatic carboxylic acids is 1. The van der Waals surface area contributed by atoms with E-state index < -0.39 is 35.5 Å². The number of benzene rings is 3. The van der Waals surface area contributed by atoms with Crippen LogP contribution in [0.15, 0.2) is 60.7 Å². The van der Waals surface area contributed by atoms with Crippen molar-refractivity contribution >= 4 is 41.0 Å². The number of carbonyl (C=O) groups is 3. The molecule has 3 aromatic rings. The summed E-state index contributed by atoms with van der Waals surface area (Å²) in [6.45, 7) is 4.82. The molecule has 4 atom stereocenters. The Labute approximate surface area is 250 Å². The highest BCUT2D eigenvalue weighted by molar-refractivity contribution is 5.85. The minimum Gasteiger partial charge on any atom is -0.480 e. The predicted molar refractivity (Wildman–Crippen MR) is 159 cm³/mol. The fourth-order valence-electron chi connectivity index (χ4n) is 6.41. The van der Waals surface area contributed by atoms with Gasteiger partial charge >= 0.3 is 5.97 Å². The van der Waals surface area contributed by atoms with Crippen molar-refractivity contribution in [1.29, 1.82) is 0 Å². The summed E-state index contributed by atoms with van der Waals surface area (Å²) in [5.74, 6) is -4.00. The average Bonchev–Trinajstić information content (AvgIpc) is 3.40. The lowest BCUT2D eigenvalue weighted by atomic mass is 9.86. The number of carboxylic acids is 1. The topological polar surface area (TPSA) is 81.2 Å². The highest BCUT2D eigenvalue weighted by atomic mass is 35.5. The molecule has 2 aliphatic rings. The van der Waals surface area contributed by atoms with Gasteiger partial charge in [-0.05, 0) is 40.8 Å². The molecule has 0 spiro atoms. The van der Waals surface area contributed by atoms with E-state index in [9.17, 15) is 28.3 Å². The first-order valence-electron chi connectivity index (χ1n) is 14.1. The Kier molecular flexibility index (Phi) is 9.84. The number of carboxylic acid groups (broad SMARTS) is 1. The van der Waals surface area contributed by atoms with Crippen LogP contribution in [0.2, 0.25) is 0 Å². The van der Waals surface area contributed by atoms with E-state index in [1.807, 2.05) is 54.3 Å². The van der Waals surface area contributed by atoms with Gasteiger partial charge in [0.25, 0.3) is 0 Å². The SMILES string of the molecule is CC[C@H]1CN([C@@H](Cc2ccc3ccccc3c2)C(=O)O)CCN1C(=O)[C@@H]1CN(C(C)=O)C[C@H]1c1ccc(F)cc1F.Cl. The smallest absolute Gasteiger partial charge is 0.321 e. The first kappa shape index (κ1) is 31.4. The van der Waals surface area contributed by atoms with Crippen molar-refractivity contribution < 1.29 is 28.3 Å². The molecule has 5 rings (SSSR count). The van der Waals surface area contributed by atoms with Gasteiger partial charge in [0.1, 0.15) is 17.7 Å². The fourth-order valence-corrected chi connectivity index (χ4v) is 6.41. The van der Waals surface area contributed by atoms with Crippen molar-refractivity contribution in [3.8, 4) is 0 Å². The van der Waals surface area contributed by atoms with Gasteiger partial charge in [0, 0.05) is 57.7 Å². The first-order chi connectivity index (χ1) is 19.7. The van der Waals surface area contributed by atoms with Crippen LogP contribution in [-0.2, 0) is 20.8 Å². The third-order valence-electron chi connectivity index (χ3n) is 8.68. The Morgan fingerprint density at radius 3 is 2.36 bits per heavy atom. The second-order valence-corrected chi connectivity index (χ2v) is 11.1. The van der Waals surface area contributed by atoms with Crippen LogP contribution in [0.1, 0.15) is 37.3 Å². The number of amides is 2. The van der Waals surface area contributed by atoms with E-state index in [2.05, 4.69) is 0 Å². The number of hydrogen-bond acceptors (Lipinski definition) is 4. The maximum atomic E-state index is 14.8. The molecule has 10 heteroatoms. The largest absolute Gasteiger partial charge is 0.480 e. The van der Waals surface area contributed by atoms with Crippen LogP contribution >= 0.6 is 12.4 Å². The lowest BCUT2D eigenvalue weighted by Crippen LogP contribution is -2.60. The van der Waals surface area contributed by atoms with Crippen molar-refractivity contribution in [1.82, 2.24) is 14.7 Å². The molecule has 0 bridgehead atoms. The zero-order valence-electron chi connectivity index (χ0n) is 23.7. The lowest BCUT2D eigenvalue weighted by molar-refractivity contribution is -0.147. The van der Waals surface area contributed by atoms with E-state index in [1.54, 1.807) is 4.90 Å². The van der Waals surface area contributed by atoms with Gasteiger partial charge in [0.15, 0.2) is 0 Å². The van der Waals surface area contributed by atoms with Gasteiger partial charge < -0.3 is 14.9 Å². The summed E-state index contributed by atoms with van der Waals surface area (Å²) < 4.78 is 28.4. The monoisotopic (exact) mass is 599 g/mol. The second kappa shape index (κ2) is 13.2.